The fourth-order valence-electron chi connectivity index (χ4n) is 3.94. The Hall–Kier alpha value is -1.65. The minimum absolute atomic E-state index is 0.134. The summed E-state index contributed by atoms with van der Waals surface area (Å²) in [5.74, 6) is 2.61. The van der Waals surface area contributed by atoms with Gasteiger partial charge in [0.05, 0.1) is 6.54 Å². The number of hydrogen-bond donors (Lipinski definition) is 0. The van der Waals surface area contributed by atoms with Gasteiger partial charge in [0.1, 0.15) is 17.3 Å². The smallest absolute Gasteiger partial charge is 0.123 e. The fraction of sp³-hybridized carbons (Fsp3) is 0.545. The number of benzene rings is 1. The van der Waals surface area contributed by atoms with Crippen molar-refractivity contribution in [3.05, 3.63) is 59.3 Å². The van der Waals surface area contributed by atoms with Crippen molar-refractivity contribution in [1.82, 2.24) is 9.80 Å². The van der Waals surface area contributed by atoms with Gasteiger partial charge in [-0.15, -0.1) is 0 Å². The lowest BCUT2D eigenvalue weighted by molar-refractivity contribution is 0.129. The number of nitrogens with zero attached hydrogens (tertiary/aromatic N) is 2. The Morgan fingerprint density at radius 1 is 1.27 bits per heavy atom. The minimum atomic E-state index is -0.134. The van der Waals surface area contributed by atoms with E-state index in [-0.39, 0.29) is 5.82 Å². The van der Waals surface area contributed by atoms with Gasteiger partial charge >= 0.3 is 0 Å². The van der Waals surface area contributed by atoms with Crippen LogP contribution in [0.1, 0.15) is 36.8 Å². The van der Waals surface area contributed by atoms with Crippen LogP contribution in [0.2, 0.25) is 0 Å². The third-order valence-electron chi connectivity index (χ3n) is 5.35. The SMILES string of the molecule is CCN(Cc1ccc(C)o1)CC1CCCN(CCc2cccc(F)c2)C1. The van der Waals surface area contributed by atoms with Gasteiger partial charge in [-0.2, -0.15) is 0 Å². The highest BCUT2D eigenvalue weighted by atomic mass is 19.1. The highest BCUT2D eigenvalue weighted by molar-refractivity contribution is 5.16. The highest BCUT2D eigenvalue weighted by Crippen LogP contribution is 2.20. The summed E-state index contributed by atoms with van der Waals surface area (Å²) in [6.45, 7) is 10.6. The Kier molecular flexibility index (Phi) is 6.86. The molecular weight excluding hydrogens is 327 g/mol. The maximum atomic E-state index is 13.3. The van der Waals surface area contributed by atoms with E-state index >= 15 is 0 Å². The average molecular weight is 359 g/mol. The standard InChI is InChI=1S/C22H31FN2O/c1-3-24(17-22-10-9-18(2)26-22)15-20-7-5-12-25(16-20)13-11-19-6-4-8-21(23)14-19/h4,6,8-10,14,20H,3,5,7,11-13,15-17H2,1-2H3. The fourth-order valence-corrected chi connectivity index (χ4v) is 3.94. The van der Waals surface area contributed by atoms with E-state index in [2.05, 4.69) is 22.8 Å². The molecule has 2 heterocycles. The number of likely N-dealkylation sites (tertiary alicyclic amines) is 1. The molecule has 0 radical (unpaired) electrons. The van der Waals surface area contributed by atoms with Gasteiger partial charge in [0, 0.05) is 19.6 Å². The second-order valence-corrected chi connectivity index (χ2v) is 7.53. The minimum Gasteiger partial charge on any atom is -0.465 e. The van der Waals surface area contributed by atoms with Crippen LogP contribution >= 0.6 is 0 Å². The highest BCUT2D eigenvalue weighted by Gasteiger charge is 2.22. The zero-order chi connectivity index (χ0) is 18.4. The number of rotatable bonds is 8. The van der Waals surface area contributed by atoms with Gasteiger partial charge < -0.3 is 9.32 Å². The first-order chi connectivity index (χ1) is 12.6. The Morgan fingerprint density at radius 2 is 2.15 bits per heavy atom. The van der Waals surface area contributed by atoms with Crippen molar-refractivity contribution in [3.8, 4) is 0 Å². The lowest BCUT2D eigenvalue weighted by Gasteiger charge is -2.35. The lowest BCUT2D eigenvalue weighted by Crippen LogP contribution is -2.41. The summed E-state index contributed by atoms with van der Waals surface area (Å²) >= 11 is 0. The molecule has 3 nitrogen and oxygen atoms in total. The molecule has 1 atom stereocenters. The maximum Gasteiger partial charge on any atom is 0.123 e. The average Bonchev–Trinajstić information content (AvgIpc) is 3.05. The molecule has 2 aromatic rings. The van der Waals surface area contributed by atoms with E-state index < -0.39 is 0 Å². The molecule has 1 aliphatic heterocycles. The molecule has 4 heteroatoms. The molecule has 1 saturated heterocycles. The van der Waals surface area contributed by atoms with Crippen LogP contribution in [0.15, 0.2) is 40.8 Å². The molecule has 1 unspecified atom stereocenters. The van der Waals surface area contributed by atoms with Crippen molar-refractivity contribution >= 4 is 0 Å². The molecule has 142 valence electrons. The molecule has 0 N–H and O–H groups in total. The van der Waals surface area contributed by atoms with Gasteiger partial charge in [-0.3, -0.25) is 4.90 Å². The molecule has 26 heavy (non-hydrogen) atoms. The zero-order valence-electron chi connectivity index (χ0n) is 16.1. The largest absolute Gasteiger partial charge is 0.465 e. The van der Waals surface area contributed by atoms with Gasteiger partial charge in [0.2, 0.25) is 0 Å². The number of piperidine rings is 1. The maximum absolute atomic E-state index is 13.3. The molecule has 0 saturated carbocycles. The van der Waals surface area contributed by atoms with Gasteiger partial charge in [-0.25, -0.2) is 4.39 Å². The molecule has 1 fully saturated rings. The van der Waals surface area contributed by atoms with Crippen molar-refractivity contribution in [2.24, 2.45) is 5.92 Å². The second kappa shape index (κ2) is 9.33. The van der Waals surface area contributed by atoms with E-state index in [9.17, 15) is 4.39 Å². The van der Waals surface area contributed by atoms with E-state index in [4.69, 9.17) is 4.42 Å². The molecule has 3 rings (SSSR count). The summed E-state index contributed by atoms with van der Waals surface area (Å²) in [7, 11) is 0. The van der Waals surface area contributed by atoms with Crippen LogP contribution in [0.5, 0.6) is 0 Å². The molecule has 0 aliphatic carbocycles. The summed E-state index contributed by atoms with van der Waals surface area (Å²) in [5.41, 5.74) is 1.09. The summed E-state index contributed by atoms with van der Waals surface area (Å²) in [6.07, 6.45) is 3.48. The monoisotopic (exact) mass is 358 g/mol. The molecule has 1 aliphatic rings. The zero-order valence-corrected chi connectivity index (χ0v) is 16.1. The predicted molar refractivity (Wildman–Crippen MR) is 104 cm³/mol. The third-order valence-corrected chi connectivity index (χ3v) is 5.35. The molecular formula is C22H31FN2O. The van der Waals surface area contributed by atoms with Crippen molar-refractivity contribution in [1.29, 1.82) is 0 Å². The van der Waals surface area contributed by atoms with Gasteiger partial charge in [0.25, 0.3) is 0 Å². The topological polar surface area (TPSA) is 19.6 Å². The van der Waals surface area contributed by atoms with E-state index in [0.717, 1.165) is 62.8 Å². The van der Waals surface area contributed by atoms with Crippen LogP contribution in [0.3, 0.4) is 0 Å². The van der Waals surface area contributed by atoms with E-state index in [1.54, 1.807) is 12.1 Å². The van der Waals surface area contributed by atoms with Crippen LogP contribution < -0.4 is 0 Å². The van der Waals surface area contributed by atoms with Gasteiger partial charge in [0.15, 0.2) is 0 Å². The normalized spacial score (nSPS) is 18.5. The van der Waals surface area contributed by atoms with E-state index in [1.807, 2.05) is 19.1 Å². The number of hydrogen-bond acceptors (Lipinski definition) is 3. The van der Waals surface area contributed by atoms with Crippen molar-refractivity contribution in [3.63, 3.8) is 0 Å². The summed E-state index contributed by atoms with van der Waals surface area (Å²) in [5, 5.41) is 0. The molecule has 0 spiro atoms. The van der Waals surface area contributed by atoms with E-state index in [1.165, 1.54) is 18.9 Å². The lowest BCUT2D eigenvalue weighted by atomic mass is 9.97. The predicted octanol–water partition coefficient (Wildman–Crippen LogP) is 4.50. The van der Waals surface area contributed by atoms with Crippen LogP contribution in [-0.4, -0.2) is 42.5 Å². The summed E-state index contributed by atoms with van der Waals surface area (Å²) in [6, 6.07) is 11.1. The van der Waals surface area contributed by atoms with E-state index in [0.29, 0.717) is 5.92 Å². The first kappa shape index (κ1) is 19.1. The van der Waals surface area contributed by atoms with Crippen LogP contribution in [0.25, 0.3) is 0 Å². The quantitative estimate of drug-likeness (QED) is 0.692. The van der Waals surface area contributed by atoms with Crippen molar-refractivity contribution in [2.75, 3.05) is 32.7 Å². The number of aryl methyl sites for hydroxylation is 1. The Labute approximate surface area is 156 Å². The second-order valence-electron chi connectivity index (χ2n) is 7.53. The van der Waals surface area contributed by atoms with Crippen LogP contribution in [-0.2, 0) is 13.0 Å². The Morgan fingerprint density at radius 3 is 2.88 bits per heavy atom. The van der Waals surface area contributed by atoms with Crippen LogP contribution in [0.4, 0.5) is 4.39 Å². The van der Waals surface area contributed by atoms with Gasteiger partial charge in [-0.05, 0) is 75.0 Å². The first-order valence-corrected chi connectivity index (χ1v) is 9.87. The summed E-state index contributed by atoms with van der Waals surface area (Å²) in [4.78, 5) is 5.03. The molecule has 1 aromatic carbocycles. The first-order valence-electron chi connectivity index (χ1n) is 9.87. The third kappa shape index (κ3) is 5.68. The number of halogens is 1. The van der Waals surface area contributed by atoms with Crippen LogP contribution in [0, 0.1) is 18.7 Å². The molecule has 1 aromatic heterocycles. The van der Waals surface area contributed by atoms with Gasteiger partial charge in [-0.1, -0.05) is 19.1 Å². The van der Waals surface area contributed by atoms with Crippen molar-refractivity contribution in [2.45, 2.75) is 39.7 Å². The Bertz CT molecular complexity index is 684. The molecule has 0 amide bonds. The Balaban J connectivity index is 1.47. The van der Waals surface area contributed by atoms with Crippen molar-refractivity contribution < 1.29 is 8.81 Å². The molecule has 0 bridgehead atoms. The number of furan rings is 1. The summed E-state index contributed by atoms with van der Waals surface area (Å²) < 4.78 is 19.1.